The van der Waals surface area contributed by atoms with E-state index in [1.807, 2.05) is 13.0 Å². The van der Waals surface area contributed by atoms with Crippen LogP contribution in [-0.4, -0.2) is 43.2 Å². The molecule has 1 aromatic carbocycles. The van der Waals surface area contributed by atoms with Gasteiger partial charge in [-0.05, 0) is 12.5 Å². The van der Waals surface area contributed by atoms with Gasteiger partial charge in [-0.1, -0.05) is 30.3 Å². The summed E-state index contributed by atoms with van der Waals surface area (Å²) < 4.78 is 5.00. The lowest BCUT2D eigenvalue weighted by atomic mass is 10.1. The first-order valence-electron chi connectivity index (χ1n) is 6.93. The molecule has 0 spiro atoms. The lowest BCUT2D eigenvalue weighted by Crippen LogP contribution is -2.51. The first-order chi connectivity index (χ1) is 9.28. The van der Waals surface area contributed by atoms with Gasteiger partial charge in [0, 0.05) is 32.2 Å². The molecule has 1 fully saturated rings. The number of nitrogens with zero attached hydrogens (tertiary/aromatic N) is 1. The van der Waals surface area contributed by atoms with Crippen LogP contribution in [0.5, 0.6) is 0 Å². The zero-order chi connectivity index (χ0) is 13.5. The van der Waals surface area contributed by atoms with Gasteiger partial charge in [0.1, 0.15) is 0 Å². The number of nitrogens with one attached hydrogen (secondary N) is 1. The van der Waals surface area contributed by atoms with Crippen molar-refractivity contribution in [2.45, 2.75) is 25.9 Å². The standard InChI is InChI=1S/C15H22N2O2/c1-2-19-15(18)10-14-12-17(9-8-16-14)11-13-6-4-3-5-7-13/h3-7,14,16H,2,8-12H2,1H3/t14-/m0/s1. The molecule has 1 aromatic rings. The highest BCUT2D eigenvalue weighted by molar-refractivity contribution is 5.70. The van der Waals surface area contributed by atoms with E-state index in [0.717, 1.165) is 26.2 Å². The summed E-state index contributed by atoms with van der Waals surface area (Å²) in [4.78, 5) is 13.9. The number of benzene rings is 1. The van der Waals surface area contributed by atoms with Crippen LogP contribution in [-0.2, 0) is 16.1 Å². The van der Waals surface area contributed by atoms with Crippen molar-refractivity contribution in [3.63, 3.8) is 0 Å². The van der Waals surface area contributed by atoms with Crippen LogP contribution in [0.15, 0.2) is 30.3 Å². The molecule has 0 aromatic heterocycles. The summed E-state index contributed by atoms with van der Waals surface area (Å²) in [6.45, 7) is 6.09. The third kappa shape index (κ3) is 4.65. The minimum atomic E-state index is -0.110. The van der Waals surface area contributed by atoms with Crippen LogP contribution in [0.3, 0.4) is 0 Å². The highest BCUT2D eigenvalue weighted by Gasteiger charge is 2.22. The molecular weight excluding hydrogens is 240 g/mol. The smallest absolute Gasteiger partial charge is 0.307 e. The zero-order valence-electron chi connectivity index (χ0n) is 11.5. The predicted octanol–water partition coefficient (Wildman–Crippen LogP) is 1.41. The summed E-state index contributed by atoms with van der Waals surface area (Å²) in [5.41, 5.74) is 1.32. The zero-order valence-corrected chi connectivity index (χ0v) is 11.5. The van der Waals surface area contributed by atoms with E-state index in [2.05, 4.69) is 34.5 Å². The van der Waals surface area contributed by atoms with E-state index in [1.165, 1.54) is 5.56 Å². The van der Waals surface area contributed by atoms with Crippen molar-refractivity contribution in [2.24, 2.45) is 0 Å². The Bertz CT molecular complexity index is 394. The Morgan fingerprint density at radius 2 is 2.21 bits per heavy atom. The van der Waals surface area contributed by atoms with Crippen molar-refractivity contribution in [3.05, 3.63) is 35.9 Å². The second-order valence-corrected chi connectivity index (χ2v) is 4.88. The van der Waals surface area contributed by atoms with Crippen molar-refractivity contribution in [3.8, 4) is 0 Å². The maximum atomic E-state index is 11.5. The average molecular weight is 262 g/mol. The Morgan fingerprint density at radius 3 is 2.95 bits per heavy atom. The first kappa shape index (κ1) is 14.0. The Labute approximate surface area is 114 Å². The molecule has 0 saturated carbocycles. The monoisotopic (exact) mass is 262 g/mol. The van der Waals surface area contributed by atoms with Crippen molar-refractivity contribution in [2.75, 3.05) is 26.2 Å². The molecule has 4 nitrogen and oxygen atoms in total. The molecule has 104 valence electrons. The van der Waals surface area contributed by atoms with Gasteiger partial charge < -0.3 is 10.1 Å². The summed E-state index contributed by atoms with van der Waals surface area (Å²) in [5, 5.41) is 3.38. The Balaban J connectivity index is 1.82. The fourth-order valence-electron chi connectivity index (χ4n) is 2.44. The molecule has 1 aliphatic rings. The van der Waals surface area contributed by atoms with Crippen molar-refractivity contribution in [1.29, 1.82) is 0 Å². The Morgan fingerprint density at radius 1 is 1.42 bits per heavy atom. The van der Waals surface area contributed by atoms with Gasteiger partial charge >= 0.3 is 5.97 Å². The topological polar surface area (TPSA) is 41.6 Å². The molecule has 0 unspecified atom stereocenters. The molecule has 1 heterocycles. The summed E-state index contributed by atoms with van der Waals surface area (Å²) in [5.74, 6) is -0.110. The lowest BCUT2D eigenvalue weighted by molar-refractivity contribution is -0.144. The fraction of sp³-hybridized carbons (Fsp3) is 0.533. The van der Waals surface area contributed by atoms with E-state index >= 15 is 0 Å². The molecule has 1 atom stereocenters. The Hall–Kier alpha value is -1.39. The molecule has 19 heavy (non-hydrogen) atoms. The third-order valence-corrected chi connectivity index (χ3v) is 3.31. The van der Waals surface area contributed by atoms with Crippen LogP contribution in [0.2, 0.25) is 0 Å². The summed E-state index contributed by atoms with van der Waals surface area (Å²) in [7, 11) is 0. The van der Waals surface area contributed by atoms with Crippen LogP contribution in [0.1, 0.15) is 18.9 Å². The van der Waals surface area contributed by atoms with Gasteiger partial charge in [-0.25, -0.2) is 0 Å². The SMILES string of the molecule is CCOC(=O)C[C@H]1CN(Cc2ccccc2)CCN1. The van der Waals surface area contributed by atoms with Gasteiger partial charge in [-0.2, -0.15) is 0 Å². The first-order valence-corrected chi connectivity index (χ1v) is 6.93. The molecule has 0 aliphatic carbocycles. The molecule has 2 rings (SSSR count). The van der Waals surface area contributed by atoms with Gasteiger partial charge in [0.25, 0.3) is 0 Å². The van der Waals surface area contributed by atoms with Crippen LogP contribution in [0.4, 0.5) is 0 Å². The highest BCUT2D eigenvalue weighted by atomic mass is 16.5. The van der Waals surface area contributed by atoms with E-state index < -0.39 is 0 Å². The fourth-order valence-corrected chi connectivity index (χ4v) is 2.44. The molecule has 0 radical (unpaired) electrons. The molecule has 0 bridgehead atoms. The van der Waals surface area contributed by atoms with E-state index in [1.54, 1.807) is 0 Å². The maximum Gasteiger partial charge on any atom is 0.307 e. The van der Waals surface area contributed by atoms with Crippen LogP contribution in [0.25, 0.3) is 0 Å². The summed E-state index contributed by atoms with van der Waals surface area (Å²) in [6, 6.07) is 10.6. The lowest BCUT2D eigenvalue weighted by Gasteiger charge is -2.33. The van der Waals surface area contributed by atoms with E-state index in [0.29, 0.717) is 13.0 Å². The van der Waals surface area contributed by atoms with Gasteiger partial charge in [-0.3, -0.25) is 9.69 Å². The molecule has 1 aliphatic heterocycles. The van der Waals surface area contributed by atoms with E-state index in [9.17, 15) is 4.79 Å². The van der Waals surface area contributed by atoms with E-state index in [-0.39, 0.29) is 12.0 Å². The number of carbonyl (C=O) groups is 1. The Kier molecular flexibility index (Phi) is 5.36. The number of ether oxygens (including phenoxy) is 1. The normalized spacial score (nSPS) is 20.2. The van der Waals surface area contributed by atoms with Crippen molar-refractivity contribution < 1.29 is 9.53 Å². The number of carbonyl (C=O) groups excluding carboxylic acids is 1. The molecule has 1 N–H and O–H groups in total. The molecule has 4 heteroatoms. The largest absolute Gasteiger partial charge is 0.466 e. The van der Waals surface area contributed by atoms with Crippen LogP contribution in [0, 0.1) is 0 Å². The molecule has 1 saturated heterocycles. The average Bonchev–Trinajstić information content (AvgIpc) is 2.40. The van der Waals surface area contributed by atoms with Gasteiger partial charge in [0.15, 0.2) is 0 Å². The second-order valence-electron chi connectivity index (χ2n) is 4.88. The van der Waals surface area contributed by atoms with Gasteiger partial charge in [0.2, 0.25) is 0 Å². The molecule has 0 amide bonds. The summed E-state index contributed by atoms with van der Waals surface area (Å²) >= 11 is 0. The highest BCUT2D eigenvalue weighted by Crippen LogP contribution is 2.09. The minimum Gasteiger partial charge on any atom is -0.466 e. The second kappa shape index (κ2) is 7.26. The number of esters is 1. The quantitative estimate of drug-likeness (QED) is 0.815. The summed E-state index contributed by atoms with van der Waals surface area (Å²) in [6.07, 6.45) is 0.457. The minimum absolute atomic E-state index is 0.110. The maximum absolute atomic E-state index is 11.5. The van der Waals surface area contributed by atoms with E-state index in [4.69, 9.17) is 4.74 Å². The molecular formula is C15H22N2O2. The number of piperazine rings is 1. The third-order valence-electron chi connectivity index (χ3n) is 3.31. The number of hydrogen-bond donors (Lipinski definition) is 1. The van der Waals surface area contributed by atoms with Crippen LogP contribution < -0.4 is 5.32 Å². The van der Waals surface area contributed by atoms with Crippen molar-refractivity contribution in [1.82, 2.24) is 10.2 Å². The number of hydrogen-bond acceptors (Lipinski definition) is 4. The predicted molar refractivity (Wildman–Crippen MR) is 74.8 cm³/mol. The van der Waals surface area contributed by atoms with Crippen LogP contribution >= 0.6 is 0 Å². The van der Waals surface area contributed by atoms with Gasteiger partial charge in [0.05, 0.1) is 13.0 Å². The van der Waals surface area contributed by atoms with Gasteiger partial charge in [-0.15, -0.1) is 0 Å². The van der Waals surface area contributed by atoms with Crippen molar-refractivity contribution >= 4 is 5.97 Å². The number of rotatable bonds is 5.